The van der Waals surface area contributed by atoms with E-state index in [0.29, 0.717) is 55.5 Å². The summed E-state index contributed by atoms with van der Waals surface area (Å²) < 4.78 is 46.1. The number of carbonyl (C=O) groups excluding carboxylic acids is 1. The number of anilines is 1. The predicted molar refractivity (Wildman–Crippen MR) is 134 cm³/mol. The molecule has 1 amide bonds. The van der Waals surface area contributed by atoms with Gasteiger partial charge < -0.3 is 19.9 Å². The number of methoxy groups -OCH3 is 1. The lowest BCUT2D eigenvalue weighted by Gasteiger charge is -2.35. The van der Waals surface area contributed by atoms with Crippen LogP contribution in [0.25, 0.3) is 0 Å². The summed E-state index contributed by atoms with van der Waals surface area (Å²) in [5, 5.41) is 13.2. The molecule has 0 aromatic heterocycles. The highest BCUT2D eigenvalue weighted by Crippen LogP contribution is 2.26. The fourth-order valence-corrected chi connectivity index (χ4v) is 4.23. The molecule has 2 aromatic carbocycles. The first-order valence-electron chi connectivity index (χ1n) is 11.5. The lowest BCUT2D eigenvalue weighted by atomic mass is 10.1. The number of benzene rings is 2. The van der Waals surface area contributed by atoms with Gasteiger partial charge in [0.15, 0.2) is 11.5 Å². The van der Waals surface area contributed by atoms with Crippen LogP contribution in [-0.2, 0) is 26.0 Å². The summed E-state index contributed by atoms with van der Waals surface area (Å²) in [7, 11) is -3.03. The molecule has 2 aromatic rings. The van der Waals surface area contributed by atoms with Gasteiger partial charge in [0.05, 0.1) is 20.3 Å². The van der Waals surface area contributed by atoms with E-state index in [-0.39, 0.29) is 19.1 Å². The molecule has 1 aliphatic heterocycles. The molecule has 1 unspecified atom stereocenters. The third-order valence-electron chi connectivity index (χ3n) is 5.79. The van der Waals surface area contributed by atoms with Crippen molar-refractivity contribution in [2.45, 2.75) is 19.6 Å². The summed E-state index contributed by atoms with van der Waals surface area (Å²) in [5.74, 6) is 0.952. The zero-order valence-corrected chi connectivity index (χ0v) is 21.2. The summed E-state index contributed by atoms with van der Waals surface area (Å²) in [6.45, 7) is 4.85. The van der Waals surface area contributed by atoms with Crippen LogP contribution in [0, 0.1) is 6.92 Å². The lowest BCUT2D eigenvalue weighted by molar-refractivity contribution is -0.117. The van der Waals surface area contributed by atoms with Crippen LogP contribution in [0.5, 0.6) is 11.5 Å². The Kier molecular flexibility index (Phi) is 10.0. The van der Waals surface area contributed by atoms with Gasteiger partial charge in [-0.25, -0.2) is 4.18 Å². The van der Waals surface area contributed by atoms with Crippen molar-refractivity contribution >= 4 is 22.0 Å². The number of nitrogens with one attached hydrogen (secondary N) is 1. The van der Waals surface area contributed by atoms with Crippen molar-refractivity contribution in [1.29, 1.82) is 0 Å². The molecule has 0 bridgehead atoms. The summed E-state index contributed by atoms with van der Waals surface area (Å²) in [4.78, 5) is 16.8. The molecule has 0 radical (unpaired) electrons. The zero-order valence-electron chi connectivity index (χ0n) is 20.4. The number of nitrogens with zero attached hydrogens (tertiary/aromatic N) is 2. The van der Waals surface area contributed by atoms with E-state index in [4.69, 9.17) is 14.0 Å². The lowest BCUT2D eigenvalue weighted by Crippen LogP contribution is -2.50. The Morgan fingerprint density at radius 1 is 1.06 bits per heavy atom. The molecular formula is C24H33N3O8S. The Balaban J connectivity index is 1.43. The quantitative estimate of drug-likeness (QED) is 0.349. The average molecular weight is 524 g/mol. The number of piperazine rings is 1. The van der Waals surface area contributed by atoms with Gasteiger partial charge in [-0.3, -0.25) is 19.1 Å². The molecule has 0 saturated carbocycles. The number of aliphatic hydroxyl groups excluding tert-OH is 1. The number of aryl methyl sites for hydroxylation is 1. The van der Waals surface area contributed by atoms with Gasteiger partial charge in [0.25, 0.3) is 0 Å². The summed E-state index contributed by atoms with van der Waals surface area (Å²) in [6, 6.07) is 12.4. The van der Waals surface area contributed by atoms with Crippen LogP contribution in [0.1, 0.15) is 11.1 Å². The van der Waals surface area contributed by atoms with Gasteiger partial charge in [-0.1, -0.05) is 30.3 Å². The number of carbonyl (C=O) groups is 1. The van der Waals surface area contributed by atoms with Crippen LogP contribution in [0.3, 0.4) is 0 Å². The maximum atomic E-state index is 12.7. The maximum absolute atomic E-state index is 12.7. The predicted octanol–water partition coefficient (Wildman–Crippen LogP) is 1.32. The minimum absolute atomic E-state index is 0.142. The smallest absolute Gasteiger partial charge is 0.397 e. The van der Waals surface area contributed by atoms with Crippen molar-refractivity contribution in [1.82, 2.24) is 9.80 Å². The Hall–Kier alpha value is -2.74. The average Bonchev–Trinajstić information content (AvgIpc) is 2.84. The van der Waals surface area contributed by atoms with E-state index in [1.807, 2.05) is 17.0 Å². The Bertz CT molecular complexity index is 1120. The number of aliphatic hydroxyl groups is 1. The van der Waals surface area contributed by atoms with Crippen LogP contribution in [0.4, 0.5) is 5.69 Å². The summed E-state index contributed by atoms with van der Waals surface area (Å²) in [5.41, 5.74) is 1.65. The molecular weight excluding hydrogens is 490 g/mol. The van der Waals surface area contributed by atoms with Crippen LogP contribution < -0.4 is 14.8 Å². The SMILES string of the molecule is COc1ccccc1OCC(O)CN1CCN(CC(=O)Nc2c(C)cccc2COS(=O)(=O)O)CC1. The number of β-amino-alcohol motifs (C(OH)–C–C–N with tert-alkyl or cyclic N) is 1. The fraction of sp³-hybridized carbons (Fsp3) is 0.458. The van der Waals surface area contributed by atoms with Gasteiger partial charge in [-0.05, 0) is 24.6 Å². The van der Waals surface area contributed by atoms with Crippen LogP contribution in [0.15, 0.2) is 42.5 Å². The van der Waals surface area contributed by atoms with Crippen LogP contribution >= 0.6 is 0 Å². The molecule has 1 fully saturated rings. The number of para-hydroxylation sites is 3. The van der Waals surface area contributed by atoms with Crippen LogP contribution in [0.2, 0.25) is 0 Å². The first kappa shape index (κ1) is 27.8. The number of hydrogen-bond acceptors (Lipinski definition) is 9. The number of rotatable bonds is 12. The second-order valence-corrected chi connectivity index (χ2v) is 9.63. The largest absolute Gasteiger partial charge is 0.493 e. The molecule has 1 atom stereocenters. The highest BCUT2D eigenvalue weighted by atomic mass is 32.3. The Morgan fingerprint density at radius 3 is 2.39 bits per heavy atom. The minimum atomic E-state index is -4.60. The number of amides is 1. The Morgan fingerprint density at radius 2 is 1.72 bits per heavy atom. The van der Waals surface area contributed by atoms with Crippen molar-refractivity contribution in [3.05, 3.63) is 53.6 Å². The standard InChI is InChI=1S/C24H33N3O8S/c1-18-6-5-7-19(16-35-36(30,31)32)24(18)25-23(29)15-27-12-10-26(11-13-27)14-20(28)17-34-22-9-4-3-8-21(22)33-2/h3-9,20,28H,10-17H2,1-2H3,(H,25,29)(H,30,31,32). The normalized spacial score (nSPS) is 15.9. The van der Waals surface area contributed by atoms with Crippen molar-refractivity contribution in [3.63, 3.8) is 0 Å². The molecule has 3 N–H and O–H groups in total. The van der Waals surface area contributed by atoms with E-state index in [0.717, 1.165) is 5.56 Å². The van der Waals surface area contributed by atoms with Crippen molar-refractivity contribution < 1.29 is 36.5 Å². The molecule has 1 saturated heterocycles. The first-order chi connectivity index (χ1) is 17.1. The molecule has 1 heterocycles. The molecule has 0 spiro atoms. The van der Waals surface area contributed by atoms with Gasteiger partial charge in [0.2, 0.25) is 5.91 Å². The fourth-order valence-electron chi connectivity index (χ4n) is 3.95. The van der Waals surface area contributed by atoms with E-state index >= 15 is 0 Å². The molecule has 11 nitrogen and oxygen atoms in total. The second kappa shape index (κ2) is 13.0. The topological polar surface area (TPSA) is 138 Å². The molecule has 198 valence electrons. The minimum Gasteiger partial charge on any atom is -0.493 e. The summed E-state index contributed by atoms with van der Waals surface area (Å²) in [6.07, 6.45) is -0.672. The molecule has 0 aliphatic carbocycles. The molecule has 1 aliphatic rings. The van der Waals surface area contributed by atoms with Crippen LogP contribution in [-0.4, -0.2) is 92.9 Å². The highest BCUT2D eigenvalue weighted by molar-refractivity contribution is 7.80. The zero-order chi connectivity index (χ0) is 26.1. The van der Waals surface area contributed by atoms with Gasteiger partial charge in [0, 0.05) is 44.0 Å². The van der Waals surface area contributed by atoms with Gasteiger partial charge in [-0.2, -0.15) is 8.42 Å². The van der Waals surface area contributed by atoms with Gasteiger partial charge in [-0.15, -0.1) is 0 Å². The van der Waals surface area contributed by atoms with Crippen molar-refractivity contribution in [2.75, 3.05) is 58.3 Å². The number of hydrogen-bond donors (Lipinski definition) is 3. The van der Waals surface area contributed by atoms with E-state index in [1.165, 1.54) is 0 Å². The van der Waals surface area contributed by atoms with E-state index in [1.54, 1.807) is 44.4 Å². The van der Waals surface area contributed by atoms with Gasteiger partial charge >= 0.3 is 10.4 Å². The molecule has 3 rings (SSSR count). The maximum Gasteiger partial charge on any atom is 0.397 e. The third-order valence-corrected chi connectivity index (χ3v) is 6.20. The van der Waals surface area contributed by atoms with E-state index in [2.05, 4.69) is 14.4 Å². The molecule has 36 heavy (non-hydrogen) atoms. The van der Waals surface area contributed by atoms with Gasteiger partial charge in [0.1, 0.15) is 12.7 Å². The number of ether oxygens (including phenoxy) is 2. The Labute approximate surface area is 211 Å². The molecule has 12 heteroatoms. The van der Waals surface area contributed by atoms with E-state index < -0.39 is 23.1 Å². The second-order valence-electron chi connectivity index (χ2n) is 8.54. The monoisotopic (exact) mass is 523 g/mol. The van der Waals surface area contributed by atoms with Crippen molar-refractivity contribution in [2.24, 2.45) is 0 Å². The summed E-state index contributed by atoms with van der Waals surface area (Å²) >= 11 is 0. The highest BCUT2D eigenvalue weighted by Gasteiger charge is 2.22. The first-order valence-corrected chi connectivity index (χ1v) is 12.9. The van der Waals surface area contributed by atoms with E-state index in [9.17, 15) is 18.3 Å². The van der Waals surface area contributed by atoms with Crippen molar-refractivity contribution in [3.8, 4) is 11.5 Å². The third kappa shape index (κ3) is 8.73.